The van der Waals surface area contributed by atoms with Gasteiger partial charge in [0.05, 0.1) is 17.6 Å². The summed E-state index contributed by atoms with van der Waals surface area (Å²) in [5.41, 5.74) is 11.7. The predicted molar refractivity (Wildman–Crippen MR) is 129 cm³/mol. The second-order valence-corrected chi connectivity index (χ2v) is 8.39. The van der Waals surface area contributed by atoms with Crippen LogP contribution in [0, 0.1) is 0 Å². The van der Waals surface area contributed by atoms with Crippen LogP contribution in [0.2, 0.25) is 5.02 Å². The molecule has 0 bridgehead atoms. The molecule has 0 spiro atoms. The van der Waals surface area contributed by atoms with Gasteiger partial charge >= 0.3 is 0 Å². The number of rotatable bonds is 9. The zero-order chi connectivity index (χ0) is 23.2. The largest absolute Gasteiger partial charge is 0.486 e. The summed E-state index contributed by atoms with van der Waals surface area (Å²) in [6, 6.07) is 18.7. The van der Waals surface area contributed by atoms with Gasteiger partial charge in [-0.15, -0.1) is 0 Å². The molecule has 2 aromatic carbocycles. The van der Waals surface area contributed by atoms with Crippen LogP contribution in [0.1, 0.15) is 28.7 Å². The first-order valence-electron chi connectivity index (χ1n) is 10.6. The molecule has 168 valence electrons. The molecule has 0 aliphatic rings. The van der Waals surface area contributed by atoms with Crippen molar-refractivity contribution in [1.82, 2.24) is 9.88 Å². The van der Waals surface area contributed by atoms with Crippen molar-refractivity contribution < 1.29 is 9.15 Å². The lowest BCUT2D eigenvalue weighted by molar-refractivity contribution is 0.304. The zero-order valence-electron chi connectivity index (χ0n) is 18.5. The van der Waals surface area contributed by atoms with Crippen molar-refractivity contribution in [3.05, 3.63) is 105 Å². The molecule has 33 heavy (non-hydrogen) atoms. The van der Waals surface area contributed by atoms with Gasteiger partial charge in [0, 0.05) is 16.5 Å². The van der Waals surface area contributed by atoms with E-state index in [9.17, 15) is 5.53 Å². The highest BCUT2D eigenvalue weighted by Gasteiger charge is 2.21. The van der Waals surface area contributed by atoms with E-state index in [2.05, 4.69) is 15.0 Å². The van der Waals surface area contributed by atoms with Gasteiger partial charge in [-0.3, -0.25) is 4.98 Å². The van der Waals surface area contributed by atoms with Crippen molar-refractivity contribution >= 4 is 22.5 Å². The third-order valence-electron chi connectivity index (χ3n) is 5.19. The van der Waals surface area contributed by atoms with E-state index in [4.69, 9.17) is 20.8 Å². The number of furan rings is 1. The maximum Gasteiger partial charge on any atom is 0.149 e. The zero-order valence-corrected chi connectivity index (χ0v) is 19.2. The summed E-state index contributed by atoms with van der Waals surface area (Å²) in [4.78, 5) is 9.60. The fourth-order valence-electron chi connectivity index (χ4n) is 3.71. The molecule has 0 fully saturated rings. The molecule has 0 aliphatic carbocycles. The van der Waals surface area contributed by atoms with Crippen molar-refractivity contribution in [3.8, 4) is 5.75 Å². The second-order valence-electron chi connectivity index (χ2n) is 7.99. The molecule has 0 radical (unpaired) electrons. The van der Waals surface area contributed by atoms with Gasteiger partial charge in [0.1, 0.15) is 29.4 Å². The Morgan fingerprint density at radius 3 is 2.73 bits per heavy atom. The highest BCUT2D eigenvalue weighted by atomic mass is 35.5. The highest BCUT2D eigenvalue weighted by molar-refractivity contribution is 6.35. The predicted octanol–water partition coefficient (Wildman–Crippen LogP) is 6.72. The summed E-state index contributed by atoms with van der Waals surface area (Å²) < 4.78 is 12.2. The lowest BCUT2D eigenvalue weighted by atomic mass is 10.0. The maximum absolute atomic E-state index is 9.21. The van der Waals surface area contributed by atoms with Gasteiger partial charge in [0.25, 0.3) is 0 Å². The van der Waals surface area contributed by atoms with Crippen LogP contribution in [-0.2, 0) is 19.6 Å². The number of azide groups is 1. The molecule has 0 saturated carbocycles. The van der Waals surface area contributed by atoms with E-state index in [-0.39, 0.29) is 0 Å². The van der Waals surface area contributed by atoms with Crippen LogP contribution in [0.25, 0.3) is 21.3 Å². The molecule has 0 aliphatic heterocycles. The minimum Gasteiger partial charge on any atom is -0.486 e. The molecule has 1 unspecified atom stereocenters. The Bertz CT molecular complexity index is 1280. The first-order chi connectivity index (χ1) is 16.0. The van der Waals surface area contributed by atoms with Gasteiger partial charge < -0.3 is 14.1 Å². The number of hydrogen-bond acceptors (Lipinski definition) is 5. The third-order valence-corrected chi connectivity index (χ3v) is 5.50. The number of ether oxygens (including phenoxy) is 1. The molecule has 2 heterocycles. The van der Waals surface area contributed by atoms with Crippen LogP contribution in [0.4, 0.5) is 0 Å². The van der Waals surface area contributed by atoms with Crippen molar-refractivity contribution in [2.45, 2.75) is 25.6 Å². The van der Waals surface area contributed by atoms with Gasteiger partial charge in [0.2, 0.25) is 0 Å². The Balaban J connectivity index is 1.71. The topological polar surface area (TPSA) is 87.3 Å². The SMILES string of the molecule is CN(C)Cc1ccc(C(Cc2cc(Cl)c3cccnc3c2OCc2ccccc2)N=[N+]=[N-])o1. The van der Waals surface area contributed by atoms with E-state index in [1.165, 1.54) is 0 Å². The number of halogens is 1. The molecule has 4 aromatic rings. The lowest BCUT2D eigenvalue weighted by Gasteiger charge is -2.17. The summed E-state index contributed by atoms with van der Waals surface area (Å²) in [5, 5.41) is 5.37. The minimum absolute atomic E-state index is 0.356. The van der Waals surface area contributed by atoms with Crippen LogP contribution in [0.5, 0.6) is 5.75 Å². The maximum atomic E-state index is 9.21. The average Bonchev–Trinajstić information content (AvgIpc) is 3.27. The molecular weight excluding hydrogens is 438 g/mol. The van der Waals surface area contributed by atoms with E-state index in [1.807, 2.05) is 79.7 Å². The summed E-state index contributed by atoms with van der Waals surface area (Å²) in [5.74, 6) is 2.01. The van der Waals surface area contributed by atoms with Crippen molar-refractivity contribution in [3.63, 3.8) is 0 Å². The smallest absolute Gasteiger partial charge is 0.149 e. The van der Waals surface area contributed by atoms with Gasteiger partial charge in [0.15, 0.2) is 0 Å². The van der Waals surface area contributed by atoms with Crippen molar-refractivity contribution in [1.29, 1.82) is 0 Å². The third kappa shape index (κ3) is 5.46. The van der Waals surface area contributed by atoms with Crippen LogP contribution < -0.4 is 4.74 Å². The monoisotopic (exact) mass is 461 g/mol. The molecule has 8 heteroatoms. The highest BCUT2D eigenvalue weighted by Crippen LogP contribution is 2.37. The summed E-state index contributed by atoms with van der Waals surface area (Å²) in [6.07, 6.45) is 2.07. The Morgan fingerprint density at radius 2 is 1.97 bits per heavy atom. The fourth-order valence-corrected chi connectivity index (χ4v) is 3.99. The van der Waals surface area contributed by atoms with E-state index < -0.39 is 6.04 Å². The molecule has 2 aromatic heterocycles. The van der Waals surface area contributed by atoms with Crippen molar-refractivity contribution in [2.75, 3.05) is 14.1 Å². The summed E-state index contributed by atoms with van der Waals surface area (Å²) in [6.45, 7) is 1.03. The van der Waals surface area contributed by atoms with E-state index >= 15 is 0 Å². The molecule has 0 amide bonds. The number of pyridine rings is 1. The Labute approximate surface area is 197 Å². The molecular formula is C25H24ClN5O2. The average molecular weight is 462 g/mol. The van der Waals surface area contributed by atoms with Gasteiger partial charge in [-0.05, 0) is 67.5 Å². The number of benzene rings is 2. The summed E-state index contributed by atoms with van der Waals surface area (Å²) in [7, 11) is 3.93. The van der Waals surface area contributed by atoms with Crippen LogP contribution >= 0.6 is 11.6 Å². The first-order valence-corrected chi connectivity index (χ1v) is 10.9. The van der Waals surface area contributed by atoms with Gasteiger partial charge in [-0.2, -0.15) is 0 Å². The number of aromatic nitrogens is 1. The molecule has 1 atom stereocenters. The number of fused-ring (bicyclic) bond motifs is 1. The van der Waals surface area contributed by atoms with Gasteiger partial charge in [-0.25, -0.2) is 0 Å². The van der Waals surface area contributed by atoms with Crippen LogP contribution in [-0.4, -0.2) is 24.0 Å². The van der Waals surface area contributed by atoms with Crippen LogP contribution in [0.15, 0.2) is 76.4 Å². The van der Waals surface area contributed by atoms with E-state index in [0.29, 0.717) is 41.6 Å². The normalized spacial score (nSPS) is 12.0. The Hall–Kier alpha value is -3.51. The standard InChI is InChI=1S/C25H24ClN5O2/c1-31(2)15-19-10-11-23(33-19)22(29-30-27)14-18-13-21(26)20-9-6-12-28-24(20)25(18)32-16-17-7-4-3-5-8-17/h3-13,22H,14-16H2,1-2H3. The summed E-state index contributed by atoms with van der Waals surface area (Å²) >= 11 is 6.59. The number of hydrogen-bond donors (Lipinski definition) is 0. The van der Waals surface area contributed by atoms with Crippen molar-refractivity contribution in [2.24, 2.45) is 5.11 Å². The number of nitrogens with zero attached hydrogens (tertiary/aromatic N) is 5. The fraction of sp³-hybridized carbons (Fsp3) is 0.240. The van der Waals surface area contributed by atoms with Crippen LogP contribution in [0.3, 0.4) is 0 Å². The Morgan fingerprint density at radius 1 is 1.15 bits per heavy atom. The molecule has 0 N–H and O–H groups in total. The van der Waals surface area contributed by atoms with E-state index in [1.54, 1.807) is 6.20 Å². The van der Waals surface area contributed by atoms with E-state index in [0.717, 1.165) is 22.3 Å². The first kappa shape index (κ1) is 22.7. The minimum atomic E-state index is -0.554. The second kappa shape index (κ2) is 10.4. The van der Waals surface area contributed by atoms with Gasteiger partial charge in [-0.1, -0.05) is 47.0 Å². The molecule has 4 rings (SSSR count). The molecule has 7 nitrogen and oxygen atoms in total. The lowest BCUT2D eigenvalue weighted by Crippen LogP contribution is -2.09. The quantitative estimate of drug-likeness (QED) is 0.157. The molecule has 0 saturated heterocycles. The Kier molecular flexibility index (Phi) is 7.15.